The van der Waals surface area contributed by atoms with Gasteiger partial charge >= 0.3 is 0 Å². The molecule has 1 aromatic heterocycles. The van der Waals surface area contributed by atoms with Gasteiger partial charge in [-0.05, 0) is 91.5 Å². The van der Waals surface area contributed by atoms with Crippen molar-refractivity contribution in [3.63, 3.8) is 0 Å². The Morgan fingerprint density at radius 2 is 1.54 bits per heavy atom. The summed E-state index contributed by atoms with van der Waals surface area (Å²) in [5, 5.41) is 0. The van der Waals surface area contributed by atoms with Crippen LogP contribution in [0.1, 0.15) is 49.0 Å². The lowest BCUT2D eigenvalue weighted by molar-refractivity contribution is -0.00518. The maximum atomic E-state index is 5.97. The number of hydrogen-bond acceptors (Lipinski definition) is 2. The Labute approximate surface area is 152 Å². The summed E-state index contributed by atoms with van der Waals surface area (Å²) in [5.41, 5.74) is 3.09. The first-order valence-corrected chi connectivity index (χ1v) is 10.3. The molecule has 0 atom stereocenters. The predicted octanol–water partition coefficient (Wildman–Crippen LogP) is 6.62. The molecule has 3 heteroatoms. The minimum absolute atomic E-state index is 0.484. The van der Waals surface area contributed by atoms with Crippen molar-refractivity contribution in [1.29, 1.82) is 0 Å². The lowest BCUT2D eigenvalue weighted by Gasteiger charge is -2.57. The normalized spacial score (nSPS) is 34.3. The molecule has 4 aliphatic carbocycles. The van der Waals surface area contributed by atoms with E-state index in [0.717, 1.165) is 32.7 Å². The van der Waals surface area contributed by atoms with Crippen LogP contribution in [0.2, 0.25) is 4.34 Å². The molecule has 0 N–H and O–H groups in total. The van der Waals surface area contributed by atoms with E-state index in [1.807, 2.05) is 18.3 Å². The molecule has 0 unspecified atom stereocenters. The third-order valence-electron chi connectivity index (χ3n) is 6.45. The van der Waals surface area contributed by atoms with E-state index in [0.29, 0.717) is 5.41 Å². The average Bonchev–Trinajstić information content (AvgIpc) is 2.98. The standard InChI is InChI=1S/C21H22ClNS/c22-20-6-5-19(24-20)13-23-18-3-1-17(2-4-18)21-10-14-7-15(11-21)9-16(8-14)12-21/h1-6,13-16H,7-12H2. The Kier molecular flexibility index (Phi) is 3.61. The molecule has 4 fully saturated rings. The van der Waals surface area contributed by atoms with Crippen molar-refractivity contribution in [2.45, 2.75) is 43.9 Å². The van der Waals surface area contributed by atoms with Gasteiger partial charge in [0.25, 0.3) is 0 Å². The second-order valence-corrected chi connectivity index (χ2v) is 9.89. The number of nitrogens with zero attached hydrogens (tertiary/aromatic N) is 1. The average molecular weight is 356 g/mol. The molecule has 1 nitrogen and oxygen atoms in total. The molecule has 0 aliphatic heterocycles. The molecule has 4 bridgehead atoms. The van der Waals surface area contributed by atoms with Gasteiger partial charge in [-0.15, -0.1) is 11.3 Å². The zero-order chi connectivity index (χ0) is 16.1. The van der Waals surface area contributed by atoms with Crippen LogP contribution < -0.4 is 0 Å². The number of thiophene rings is 1. The van der Waals surface area contributed by atoms with E-state index in [4.69, 9.17) is 11.6 Å². The summed E-state index contributed by atoms with van der Waals surface area (Å²) in [5.74, 6) is 2.99. The highest BCUT2D eigenvalue weighted by molar-refractivity contribution is 7.17. The van der Waals surface area contributed by atoms with Crippen LogP contribution in [0, 0.1) is 17.8 Å². The zero-order valence-corrected chi connectivity index (χ0v) is 15.3. The van der Waals surface area contributed by atoms with Crippen molar-refractivity contribution < 1.29 is 0 Å². The van der Waals surface area contributed by atoms with Crippen LogP contribution in [0.25, 0.3) is 0 Å². The molecule has 2 aromatic rings. The van der Waals surface area contributed by atoms with E-state index in [1.54, 1.807) is 16.9 Å². The second-order valence-electron chi connectivity index (χ2n) is 8.14. The van der Waals surface area contributed by atoms with Gasteiger partial charge in [0, 0.05) is 11.1 Å². The van der Waals surface area contributed by atoms with Crippen LogP contribution in [0.5, 0.6) is 0 Å². The van der Waals surface area contributed by atoms with Gasteiger partial charge in [-0.1, -0.05) is 23.7 Å². The summed E-state index contributed by atoms with van der Waals surface area (Å²) in [6, 6.07) is 13.0. The van der Waals surface area contributed by atoms with Crippen molar-refractivity contribution in [3.8, 4) is 0 Å². The van der Waals surface area contributed by atoms with Gasteiger partial charge in [0.05, 0.1) is 10.0 Å². The van der Waals surface area contributed by atoms with Crippen molar-refractivity contribution in [1.82, 2.24) is 0 Å². The Morgan fingerprint density at radius 1 is 0.917 bits per heavy atom. The molecule has 4 saturated carbocycles. The highest BCUT2D eigenvalue weighted by atomic mass is 35.5. The highest BCUT2D eigenvalue weighted by Crippen LogP contribution is 2.60. The topological polar surface area (TPSA) is 12.4 Å². The van der Waals surface area contributed by atoms with Crippen LogP contribution in [-0.2, 0) is 5.41 Å². The predicted molar refractivity (Wildman–Crippen MR) is 103 cm³/mol. The fraction of sp³-hybridized carbons (Fsp3) is 0.476. The van der Waals surface area contributed by atoms with Crippen LogP contribution in [-0.4, -0.2) is 6.21 Å². The van der Waals surface area contributed by atoms with E-state index >= 15 is 0 Å². The van der Waals surface area contributed by atoms with Crippen molar-refractivity contribution in [3.05, 3.63) is 51.2 Å². The van der Waals surface area contributed by atoms with Gasteiger partial charge in [-0.3, -0.25) is 4.99 Å². The lowest BCUT2D eigenvalue weighted by atomic mass is 9.48. The summed E-state index contributed by atoms with van der Waals surface area (Å²) in [4.78, 5) is 5.71. The van der Waals surface area contributed by atoms with E-state index in [1.165, 1.54) is 38.5 Å². The molecular weight excluding hydrogens is 334 g/mol. The maximum absolute atomic E-state index is 5.97. The first kappa shape index (κ1) is 15.2. The van der Waals surface area contributed by atoms with Crippen LogP contribution in [0.4, 0.5) is 5.69 Å². The first-order valence-electron chi connectivity index (χ1n) is 9.08. The number of rotatable bonds is 3. The van der Waals surface area contributed by atoms with E-state index in [2.05, 4.69) is 29.3 Å². The molecule has 0 amide bonds. The maximum Gasteiger partial charge on any atom is 0.0935 e. The van der Waals surface area contributed by atoms with E-state index < -0.39 is 0 Å². The molecule has 0 spiro atoms. The second kappa shape index (κ2) is 5.71. The molecule has 0 radical (unpaired) electrons. The largest absolute Gasteiger partial charge is 0.255 e. The van der Waals surface area contributed by atoms with Gasteiger partial charge < -0.3 is 0 Å². The lowest BCUT2D eigenvalue weighted by Crippen LogP contribution is -2.48. The van der Waals surface area contributed by atoms with Gasteiger partial charge in [-0.2, -0.15) is 0 Å². The summed E-state index contributed by atoms with van der Waals surface area (Å²) in [6.07, 6.45) is 10.7. The molecular formula is C21H22ClNS. The van der Waals surface area contributed by atoms with Crippen LogP contribution in [0.3, 0.4) is 0 Å². The van der Waals surface area contributed by atoms with Crippen LogP contribution >= 0.6 is 22.9 Å². The summed E-state index contributed by atoms with van der Waals surface area (Å²) in [6.45, 7) is 0. The molecule has 1 heterocycles. The van der Waals surface area contributed by atoms with Crippen molar-refractivity contribution >= 4 is 34.8 Å². The molecule has 4 aliphatic rings. The minimum Gasteiger partial charge on any atom is -0.255 e. The Balaban J connectivity index is 1.38. The first-order chi connectivity index (χ1) is 11.7. The number of benzene rings is 1. The smallest absolute Gasteiger partial charge is 0.0935 e. The molecule has 124 valence electrons. The quantitative estimate of drug-likeness (QED) is 0.548. The number of hydrogen-bond donors (Lipinski definition) is 0. The molecule has 1 aromatic carbocycles. The molecule has 0 saturated heterocycles. The Morgan fingerprint density at radius 3 is 2.08 bits per heavy atom. The fourth-order valence-electron chi connectivity index (χ4n) is 5.90. The van der Waals surface area contributed by atoms with E-state index in [9.17, 15) is 0 Å². The fourth-order valence-corrected chi connectivity index (χ4v) is 6.83. The number of halogens is 1. The third-order valence-corrected chi connectivity index (χ3v) is 7.62. The number of aliphatic imine (C=N–C) groups is 1. The van der Waals surface area contributed by atoms with Crippen molar-refractivity contribution in [2.75, 3.05) is 0 Å². The van der Waals surface area contributed by atoms with Gasteiger partial charge in [-0.25, -0.2) is 0 Å². The summed E-state index contributed by atoms with van der Waals surface area (Å²) in [7, 11) is 0. The zero-order valence-electron chi connectivity index (χ0n) is 13.7. The molecule has 6 rings (SSSR count). The summed E-state index contributed by atoms with van der Waals surface area (Å²) >= 11 is 7.53. The monoisotopic (exact) mass is 355 g/mol. The minimum atomic E-state index is 0.484. The SMILES string of the molecule is Clc1ccc(C=Nc2ccc(C34CC5CC(CC(C5)C3)C4)cc2)s1. The van der Waals surface area contributed by atoms with Crippen molar-refractivity contribution in [2.24, 2.45) is 22.7 Å². The van der Waals surface area contributed by atoms with Gasteiger partial charge in [0.2, 0.25) is 0 Å². The highest BCUT2D eigenvalue weighted by Gasteiger charge is 2.51. The van der Waals surface area contributed by atoms with Gasteiger partial charge in [0.15, 0.2) is 0 Å². The van der Waals surface area contributed by atoms with Crippen LogP contribution in [0.15, 0.2) is 41.4 Å². The Bertz CT molecular complexity index is 738. The summed E-state index contributed by atoms with van der Waals surface area (Å²) < 4.78 is 0.814. The third kappa shape index (κ3) is 2.64. The van der Waals surface area contributed by atoms with E-state index in [-0.39, 0.29) is 0 Å². The van der Waals surface area contributed by atoms with Gasteiger partial charge in [0.1, 0.15) is 0 Å². The Hall–Kier alpha value is -1.12. The molecule has 24 heavy (non-hydrogen) atoms.